The van der Waals surface area contributed by atoms with Crippen LogP contribution in [0.15, 0.2) is 29.2 Å². The van der Waals surface area contributed by atoms with Gasteiger partial charge in [-0.1, -0.05) is 12.1 Å². The second-order valence-electron chi connectivity index (χ2n) is 7.13. The smallest absolute Gasteiger partial charge is 0.244 e. The lowest BCUT2D eigenvalue weighted by Crippen LogP contribution is -2.51. The maximum absolute atomic E-state index is 12.8. The molecule has 2 heterocycles. The van der Waals surface area contributed by atoms with E-state index in [2.05, 4.69) is 4.72 Å². The van der Waals surface area contributed by atoms with Crippen LogP contribution >= 0.6 is 0 Å². The molecule has 0 radical (unpaired) electrons. The largest absolute Gasteiger partial charge is 0.495 e. The van der Waals surface area contributed by atoms with E-state index in [1.807, 2.05) is 0 Å². The molecule has 1 aromatic carbocycles. The Labute approximate surface area is 171 Å². The predicted octanol–water partition coefficient (Wildman–Crippen LogP) is 0.131. The van der Waals surface area contributed by atoms with Gasteiger partial charge in [0.15, 0.2) is 0 Å². The van der Waals surface area contributed by atoms with Crippen LogP contribution in [0.2, 0.25) is 0 Å². The monoisotopic (exact) mass is 428 g/mol. The van der Waals surface area contributed by atoms with E-state index in [1.165, 1.54) is 13.2 Å². The number of nitrogens with zero attached hydrogens (tertiary/aromatic N) is 1. The van der Waals surface area contributed by atoms with Crippen LogP contribution in [0.3, 0.4) is 0 Å². The van der Waals surface area contributed by atoms with Gasteiger partial charge in [0.25, 0.3) is 0 Å². The average Bonchev–Trinajstić information content (AvgIpc) is 2.75. The third kappa shape index (κ3) is 5.46. The number of hydrogen-bond acceptors (Lipinski definition) is 7. The van der Waals surface area contributed by atoms with E-state index in [1.54, 1.807) is 23.1 Å². The fourth-order valence-electron chi connectivity index (χ4n) is 3.66. The van der Waals surface area contributed by atoms with Crippen LogP contribution in [0.1, 0.15) is 19.3 Å². The summed E-state index contributed by atoms with van der Waals surface area (Å²) in [6.45, 7) is 1.85. The van der Waals surface area contributed by atoms with Crippen LogP contribution < -0.4 is 9.46 Å². The first-order chi connectivity index (χ1) is 13.9. The SMILES string of the molecule is COc1ccccc1S(=O)(=O)N[C@@H]1CC[C@@H](CC(=O)N2CCOCC2)O[C@@H]1CO. The molecule has 3 rings (SSSR count). The Hall–Kier alpha value is -1.72. The summed E-state index contributed by atoms with van der Waals surface area (Å²) in [7, 11) is -2.45. The summed E-state index contributed by atoms with van der Waals surface area (Å²) in [5, 5.41) is 9.73. The second-order valence-corrected chi connectivity index (χ2v) is 8.81. The molecule has 0 bridgehead atoms. The van der Waals surface area contributed by atoms with Crippen molar-refractivity contribution in [2.45, 2.75) is 42.4 Å². The van der Waals surface area contributed by atoms with Crippen molar-refractivity contribution in [3.63, 3.8) is 0 Å². The summed E-state index contributed by atoms with van der Waals surface area (Å²) in [6.07, 6.45) is 0.111. The number of hydrogen-bond donors (Lipinski definition) is 2. The van der Waals surface area contributed by atoms with Gasteiger partial charge in [-0.3, -0.25) is 4.79 Å². The highest BCUT2D eigenvalue weighted by Gasteiger charge is 2.36. The number of rotatable bonds is 7. The van der Waals surface area contributed by atoms with Crippen molar-refractivity contribution in [3.8, 4) is 5.75 Å². The summed E-state index contributed by atoms with van der Waals surface area (Å²) in [5.41, 5.74) is 0. The van der Waals surface area contributed by atoms with E-state index in [-0.39, 0.29) is 35.7 Å². The van der Waals surface area contributed by atoms with Gasteiger partial charge in [-0.2, -0.15) is 0 Å². The molecule has 3 atom stereocenters. The molecule has 2 N–H and O–H groups in total. The number of para-hydroxylation sites is 1. The number of carbonyl (C=O) groups excluding carboxylic acids is 1. The number of benzene rings is 1. The van der Waals surface area contributed by atoms with Crippen molar-refractivity contribution >= 4 is 15.9 Å². The van der Waals surface area contributed by atoms with E-state index in [0.717, 1.165) is 0 Å². The molecule has 2 saturated heterocycles. The van der Waals surface area contributed by atoms with Gasteiger partial charge in [0, 0.05) is 13.1 Å². The summed E-state index contributed by atoms with van der Waals surface area (Å²) < 4.78 is 44.5. The van der Waals surface area contributed by atoms with Crippen LogP contribution in [0.4, 0.5) is 0 Å². The Morgan fingerprint density at radius 3 is 2.69 bits per heavy atom. The number of nitrogens with one attached hydrogen (secondary N) is 1. The fraction of sp³-hybridized carbons (Fsp3) is 0.632. The molecule has 0 unspecified atom stereocenters. The van der Waals surface area contributed by atoms with Gasteiger partial charge in [0.2, 0.25) is 15.9 Å². The third-order valence-electron chi connectivity index (χ3n) is 5.23. The Balaban J connectivity index is 1.61. The highest BCUT2D eigenvalue weighted by Crippen LogP contribution is 2.27. The Morgan fingerprint density at radius 2 is 2.00 bits per heavy atom. The van der Waals surface area contributed by atoms with Crippen LogP contribution in [0, 0.1) is 0 Å². The van der Waals surface area contributed by atoms with Crippen LogP contribution in [-0.2, 0) is 24.3 Å². The minimum Gasteiger partial charge on any atom is -0.495 e. The fourth-order valence-corrected chi connectivity index (χ4v) is 5.13. The Kier molecular flexibility index (Phi) is 7.47. The Bertz CT molecular complexity index is 796. The van der Waals surface area contributed by atoms with E-state index >= 15 is 0 Å². The number of carbonyl (C=O) groups is 1. The molecule has 2 aliphatic heterocycles. The molecule has 162 valence electrons. The molecule has 1 amide bonds. The van der Waals surface area contributed by atoms with Gasteiger partial charge in [-0.25, -0.2) is 13.1 Å². The molecule has 2 fully saturated rings. The minimum atomic E-state index is -3.86. The number of sulfonamides is 1. The van der Waals surface area contributed by atoms with Crippen LogP contribution in [-0.4, -0.2) is 82.6 Å². The summed E-state index contributed by atoms with van der Waals surface area (Å²) in [6, 6.07) is 5.75. The average molecular weight is 429 g/mol. The normalized spacial score (nSPS) is 25.6. The first kappa shape index (κ1) is 22.0. The van der Waals surface area contributed by atoms with Gasteiger partial charge in [0.05, 0.1) is 51.6 Å². The first-order valence-corrected chi connectivity index (χ1v) is 11.2. The number of aliphatic hydroxyl groups excluding tert-OH is 1. The molecule has 0 spiro atoms. The van der Waals surface area contributed by atoms with Crippen LogP contribution in [0.25, 0.3) is 0 Å². The van der Waals surface area contributed by atoms with Crippen LogP contribution in [0.5, 0.6) is 5.75 Å². The van der Waals surface area contributed by atoms with Gasteiger partial charge in [-0.05, 0) is 25.0 Å². The summed E-state index contributed by atoms with van der Waals surface area (Å²) >= 11 is 0. The van der Waals surface area contributed by atoms with Gasteiger partial charge in [-0.15, -0.1) is 0 Å². The molecule has 0 aliphatic carbocycles. The first-order valence-electron chi connectivity index (χ1n) is 9.72. The van der Waals surface area contributed by atoms with E-state index in [4.69, 9.17) is 14.2 Å². The lowest BCUT2D eigenvalue weighted by atomic mass is 9.97. The van der Waals surface area contributed by atoms with Crippen molar-refractivity contribution in [3.05, 3.63) is 24.3 Å². The standard InChI is InChI=1S/C19H28N2O7S/c1-26-16-4-2-3-5-18(16)29(24,25)20-15-7-6-14(28-17(15)13-22)12-19(23)21-8-10-27-11-9-21/h2-5,14-15,17,20,22H,6-13H2,1H3/t14-,15+,17+/m0/s1. The molecule has 2 aliphatic rings. The lowest BCUT2D eigenvalue weighted by Gasteiger charge is -2.36. The van der Waals surface area contributed by atoms with E-state index in [0.29, 0.717) is 39.1 Å². The molecule has 10 heteroatoms. The molecule has 0 aromatic heterocycles. The molecule has 0 saturated carbocycles. The summed E-state index contributed by atoms with van der Waals surface area (Å²) in [5.74, 6) is 0.231. The molecular weight excluding hydrogens is 400 g/mol. The number of aliphatic hydroxyl groups is 1. The van der Waals surface area contributed by atoms with Crippen molar-refractivity contribution in [2.24, 2.45) is 0 Å². The van der Waals surface area contributed by atoms with Crippen molar-refractivity contribution in [2.75, 3.05) is 40.0 Å². The van der Waals surface area contributed by atoms with E-state index < -0.39 is 22.2 Å². The van der Waals surface area contributed by atoms with Gasteiger partial charge < -0.3 is 24.2 Å². The Morgan fingerprint density at radius 1 is 1.28 bits per heavy atom. The molecule has 29 heavy (non-hydrogen) atoms. The van der Waals surface area contributed by atoms with Gasteiger partial charge in [0.1, 0.15) is 10.6 Å². The maximum Gasteiger partial charge on any atom is 0.244 e. The predicted molar refractivity (Wildman–Crippen MR) is 104 cm³/mol. The molecule has 9 nitrogen and oxygen atoms in total. The third-order valence-corrected chi connectivity index (χ3v) is 6.76. The number of morpholine rings is 1. The zero-order chi connectivity index (χ0) is 20.9. The lowest BCUT2D eigenvalue weighted by molar-refractivity contribution is -0.143. The zero-order valence-electron chi connectivity index (χ0n) is 16.5. The van der Waals surface area contributed by atoms with E-state index in [9.17, 15) is 18.3 Å². The number of ether oxygens (including phenoxy) is 3. The van der Waals surface area contributed by atoms with Crippen molar-refractivity contribution in [1.82, 2.24) is 9.62 Å². The molecule has 1 aromatic rings. The highest BCUT2D eigenvalue weighted by molar-refractivity contribution is 7.89. The summed E-state index contributed by atoms with van der Waals surface area (Å²) in [4.78, 5) is 14.2. The quantitative estimate of drug-likeness (QED) is 0.634. The zero-order valence-corrected chi connectivity index (χ0v) is 17.3. The molecular formula is C19H28N2O7S. The second kappa shape index (κ2) is 9.86. The van der Waals surface area contributed by atoms with Crippen molar-refractivity contribution in [1.29, 1.82) is 0 Å². The van der Waals surface area contributed by atoms with Gasteiger partial charge >= 0.3 is 0 Å². The minimum absolute atomic E-state index is 0.0111. The number of methoxy groups -OCH3 is 1. The highest BCUT2D eigenvalue weighted by atomic mass is 32.2. The number of amides is 1. The van der Waals surface area contributed by atoms with Crippen molar-refractivity contribution < 1.29 is 32.5 Å². The topological polar surface area (TPSA) is 114 Å². The maximum atomic E-state index is 12.8.